The van der Waals surface area contributed by atoms with Gasteiger partial charge in [0.2, 0.25) is 0 Å². The molecule has 1 atom stereocenters. The largest absolute Gasteiger partial charge is 0.481 e. The standard InChI is InChI=1S/C10H13ClN2O2S/c11-8-5-12-9(16-8)6-13-3-1-2-7(13)4-10(14)15/h5,7H,1-4,6H2,(H,14,15). The number of hydrogen-bond acceptors (Lipinski definition) is 4. The van der Waals surface area contributed by atoms with E-state index < -0.39 is 5.97 Å². The van der Waals surface area contributed by atoms with Gasteiger partial charge in [0.1, 0.15) is 9.34 Å². The fourth-order valence-corrected chi connectivity index (χ4v) is 3.05. The molecule has 0 aromatic carbocycles. The van der Waals surface area contributed by atoms with E-state index in [0.29, 0.717) is 4.34 Å². The fourth-order valence-electron chi connectivity index (χ4n) is 2.07. The molecule has 2 rings (SSSR count). The molecule has 16 heavy (non-hydrogen) atoms. The van der Waals surface area contributed by atoms with E-state index in [4.69, 9.17) is 16.7 Å². The molecule has 1 saturated heterocycles. The second-order valence-corrected chi connectivity index (χ2v) is 5.67. The smallest absolute Gasteiger partial charge is 0.304 e. The van der Waals surface area contributed by atoms with Crippen LogP contribution in [0.3, 0.4) is 0 Å². The maximum absolute atomic E-state index is 10.7. The van der Waals surface area contributed by atoms with Gasteiger partial charge in [-0.3, -0.25) is 9.69 Å². The number of likely N-dealkylation sites (tertiary alicyclic amines) is 1. The first-order valence-corrected chi connectivity index (χ1v) is 6.40. The second-order valence-electron chi connectivity index (χ2n) is 3.92. The van der Waals surface area contributed by atoms with Gasteiger partial charge in [0.05, 0.1) is 19.2 Å². The Labute approximate surface area is 103 Å². The molecule has 6 heteroatoms. The number of thiazole rings is 1. The molecule has 4 nitrogen and oxygen atoms in total. The summed E-state index contributed by atoms with van der Waals surface area (Å²) >= 11 is 7.27. The van der Waals surface area contributed by atoms with Gasteiger partial charge in [-0.15, -0.1) is 11.3 Å². The number of carboxylic acids is 1. The number of hydrogen-bond donors (Lipinski definition) is 1. The van der Waals surface area contributed by atoms with E-state index in [2.05, 4.69) is 9.88 Å². The average Bonchev–Trinajstić information content (AvgIpc) is 2.77. The number of aromatic nitrogens is 1. The maximum atomic E-state index is 10.7. The first-order chi connectivity index (χ1) is 7.65. The zero-order valence-electron chi connectivity index (χ0n) is 8.73. The number of halogens is 1. The Hall–Kier alpha value is -0.650. The number of rotatable bonds is 4. The van der Waals surface area contributed by atoms with Crippen LogP contribution in [0.2, 0.25) is 4.34 Å². The molecular formula is C10H13ClN2O2S. The van der Waals surface area contributed by atoms with E-state index in [1.54, 1.807) is 6.20 Å². The van der Waals surface area contributed by atoms with Crippen molar-refractivity contribution >= 4 is 28.9 Å². The molecule has 1 aliphatic rings. The number of nitrogens with zero attached hydrogens (tertiary/aromatic N) is 2. The highest BCUT2D eigenvalue weighted by Crippen LogP contribution is 2.25. The van der Waals surface area contributed by atoms with Crippen LogP contribution in [0, 0.1) is 0 Å². The summed E-state index contributed by atoms with van der Waals surface area (Å²) in [6.45, 7) is 1.67. The van der Waals surface area contributed by atoms with Crippen LogP contribution in [0.5, 0.6) is 0 Å². The lowest BCUT2D eigenvalue weighted by molar-refractivity contribution is -0.138. The van der Waals surface area contributed by atoms with Crippen LogP contribution < -0.4 is 0 Å². The van der Waals surface area contributed by atoms with Gasteiger partial charge in [0.25, 0.3) is 0 Å². The van der Waals surface area contributed by atoms with Crippen LogP contribution in [0.4, 0.5) is 0 Å². The lowest BCUT2D eigenvalue weighted by atomic mass is 10.1. The van der Waals surface area contributed by atoms with Crippen LogP contribution in [0.1, 0.15) is 24.3 Å². The Morgan fingerprint density at radius 1 is 1.75 bits per heavy atom. The molecule has 0 spiro atoms. The minimum atomic E-state index is -0.728. The molecule has 0 aliphatic carbocycles. The summed E-state index contributed by atoms with van der Waals surface area (Å²) < 4.78 is 0.684. The molecule has 1 aliphatic heterocycles. The van der Waals surface area contributed by atoms with Crippen molar-refractivity contribution in [2.24, 2.45) is 0 Å². The first kappa shape index (κ1) is 11.8. The Kier molecular flexibility index (Phi) is 3.78. The highest BCUT2D eigenvalue weighted by atomic mass is 35.5. The molecule has 0 bridgehead atoms. The molecule has 0 radical (unpaired) electrons. The number of aliphatic carboxylic acids is 1. The summed E-state index contributed by atoms with van der Waals surface area (Å²) in [7, 11) is 0. The van der Waals surface area contributed by atoms with Gasteiger partial charge in [0.15, 0.2) is 0 Å². The summed E-state index contributed by atoms with van der Waals surface area (Å²) in [5.74, 6) is -0.728. The second kappa shape index (κ2) is 5.12. The SMILES string of the molecule is O=C(O)CC1CCCN1Cc1ncc(Cl)s1. The Balaban J connectivity index is 1.95. The van der Waals surface area contributed by atoms with Gasteiger partial charge in [0, 0.05) is 6.04 Å². The van der Waals surface area contributed by atoms with E-state index >= 15 is 0 Å². The van der Waals surface area contributed by atoms with Gasteiger partial charge in [-0.05, 0) is 19.4 Å². The van der Waals surface area contributed by atoms with Crippen molar-refractivity contribution in [1.82, 2.24) is 9.88 Å². The van der Waals surface area contributed by atoms with E-state index in [1.165, 1.54) is 11.3 Å². The van der Waals surface area contributed by atoms with Crippen molar-refractivity contribution in [3.05, 3.63) is 15.5 Å². The van der Waals surface area contributed by atoms with E-state index in [1.807, 2.05) is 0 Å². The van der Waals surface area contributed by atoms with Crippen molar-refractivity contribution in [1.29, 1.82) is 0 Å². The molecule has 0 saturated carbocycles. The zero-order valence-corrected chi connectivity index (χ0v) is 10.3. The zero-order chi connectivity index (χ0) is 11.5. The minimum Gasteiger partial charge on any atom is -0.481 e. The predicted molar refractivity (Wildman–Crippen MR) is 62.8 cm³/mol. The molecule has 1 aromatic heterocycles. The molecule has 1 unspecified atom stereocenters. The summed E-state index contributed by atoms with van der Waals surface area (Å²) in [5.41, 5.74) is 0. The monoisotopic (exact) mass is 260 g/mol. The van der Waals surface area contributed by atoms with Crippen molar-refractivity contribution < 1.29 is 9.90 Å². The van der Waals surface area contributed by atoms with Crippen LogP contribution in [0.25, 0.3) is 0 Å². The highest BCUT2D eigenvalue weighted by Gasteiger charge is 2.27. The topological polar surface area (TPSA) is 53.4 Å². The molecule has 1 fully saturated rings. The summed E-state index contributed by atoms with van der Waals surface area (Å²) in [4.78, 5) is 17.1. The summed E-state index contributed by atoms with van der Waals surface area (Å²) in [5, 5.41) is 9.76. The van der Waals surface area contributed by atoms with E-state index in [9.17, 15) is 4.79 Å². The average molecular weight is 261 g/mol. The van der Waals surface area contributed by atoms with E-state index in [-0.39, 0.29) is 12.5 Å². The third-order valence-corrected chi connectivity index (χ3v) is 3.87. The van der Waals surface area contributed by atoms with Crippen molar-refractivity contribution in [3.63, 3.8) is 0 Å². The van der Waals surface area contributed by atoms with E-state index in [0.717, 1.165) is 30.9 Å². The van der Waals surface area contributed by atoms with Crippen molar-refractivity contribution in [3.8, 4) is 0 Å². The molecule has 2 heterocycles. The Bertz CT molecular complexity index is 383. The quantitative estimate of drug-likeness (QED) is 0.902. The lowest BCUT2D eigenvalue weighted by Gasteiger charge is -2.21. The number of carboxylic acid groups (broad SMARTS) is 1. The third kappa shape index (κ3) is 2.93. The van der Waals surface area contributed by atoms with Crippen molar-refractivity contribution in [2.75, 3.05) is 6.54 Å². The van der Waals surface area contributed by atoms with Crippen molar-refractivity contribution in [2.45, 2.75) is 31.8 Å². The van der Waals surface area contributed by atoms with Gasteiger partial charge < -0.3 is 5.11 Å². The highest BCUT2D eigenvalue weighted by molar-refractivity contribution is 7.15. The molecular weight excluding hydrogens is 248 g/mol. The molecule has 88 valence electrons. The van der Waals surface area contributed by atoms with Crippen LogP contribution >= 0.6 is 22.9 Å². The van der Waals surface area contributed by atoms with Gasteiger partial charge in [-0.25, -0.2) is 4.98 Å². The molecule has 0 amide bonds. The maximum Gasteiger partial charge on any atom is 0.304 e. The van der Waals surface area contributed by atoms with Crippen LogP contribution in [0.15, 0.2) is 6.20 Å². The van der Waals surface area contributed by atoms with Gasteiger partial charge >= 0.3 is 5.97 Å². The Morgan fingerprint density at radius 3 is 3.19 bits per heavy atom. The normalized spacial score (nSPS) is 21.4. The third-order valence-electron chi connectivity index (χ3n) is 2.77. The van der Waals surface area contributed by atoms with Crippen LogP contribution in [-0.2, 0) is 11.3 Å². The minimum absolute atomic E-state index is 0.153. The molecule has 1 aromatic rings. The lowest BCUT2D eigenvalue weighted by Crippen LogP contribution is -2.30. The van der Waals surface area contributed by atoms with Crippen LogP contribution in [-0.4, -0.2) is 33.5 Å². The summed E-state index contributed by atoms with van der Waals surface area (Å²) in [6, 6.07) is 0.153. The molecule has 1 N–H and O–H groups in total. The Morgan fingerprint density at radius 2 is 2.56 bits per heavy atom. The number of carbonyl (C=O) groups is 1. The summed E-state index contributed by atoms with van der Waals surface area (Å²) in [6.07, 6.45) is 3.89. The van der Waals surface area contributed by atoms with Gasteiger partial charge in [-0.2, -0.15) is 0 Å². The fraction of sp³-hybridized carbons (Fsp3) is 0.600. The van der Waals surface area contributed by atoms with Gasteiger partial charge in [-0.1, -0.05) is 11.6 Å². The first-order valence-electron chi connectivity index (χ1n) is 5.21. The predicted octanol–water partition coefficient (Wildman–Crippen LogP) is 2.24.